The zero-order valence-corrected chi connectivity index (χ0v) is 16.1. The molecule has 2 amide bonds. The minimum Gasteiger partial charge on any atom is -0.478 e. The predicted molar refractivity (Wildman–Crippen MR) is 109 cm³/mol. The SMILES string of the molecule is C=C(NN1C(=N)SC(C(=O)Nc2ccc(C(=O)O)cc2)CC1=O)c1cccs1. The van der Waals surface area contributed by atoms with Gasteiger partial charge in [-0.05, 0) is 35.7 Å². The van der Waals surface area contributed by atoms with Crippen LogP contribution in [0.1, 0.15) is 21.7 Å². The first-order valence-electron chi connectivity index (χ1n) is 8.07. The number of nitrogens with zero attached hydrogens (tertiary/aromatic N) is 1. The molecule has 1 atom stereocenters. The van der Waals surface area contributed by atoms with Crippen molar-refractivity contribution in [3.8, 4) is 0 Å². The van der Waals surface area contributed by atoms with Gasteiger partial charge in [0.2, 0.25) is 11.8 Å². The van der Waals surface area contributed by atoms with Crippen molar-refractivity contribution in [3.05, 3.63) is 58.8 Å². The number of rotatable bonds is 6. The zero-order valence-electron chi connectivity index (χ0n) is 14.5. The third-order valence-electron chi connectivity index (χ3n) is 3.82. The molecule has 28 heavy (non-hydrogen) atoms. The van der Waals surface area contributed by atoms with Gasteiger partial charge >= 0.3 is 5.97 Å². The minimum atomic E-state index is -1.06. The highest BCUT2D eigenvalue weighted by Gasteiger charge is 2.35. The quantitative estimate of drug-likeness (QED) is 0.574. The number of hydrogen-bond acceptors (Lipinski definition) is 7. The third kappa shape index (κ3) is 4.41. The number of carbonyl (C=O) groups is 3. The first-order chi connectivity index (χ1) is 13.3. The average Bonchev–Trinajstić information content (AvgIpc) is 3.19. The molecule has 1 aliphatic rings. The van der Waals surface area contributed by atoms with E-state index >= 15 is 0 Å². The highest BCUT2D eigenvalue weighted by Crippen LogP contribution is 2.27. The Hall–Kier alpha value is -3.11. The number of nitrogens with one attached hydrogen (secondary N) is 3. The zero-order chi connectivity index (χ0) is 20.3. The molecule has 8 nitrogen and oxygen atoms in total. The second kappa shape index (κ2) is 8.28. The fourth-order valence-electron chi connectivity index (χ4n) is 2.41. The third-order valence-corrected chi connectivity index (χ3v) is 5.82. The van der Waals surface area contributed by atoms with E-state index < -0.39 is 23.0 Å². The largest absolute Gasteiger partial charge is 0.478 e. The van der Waals surface area contributed by atoms with Crippen LogP contribution in [0.5, 0.6) is 0 Å². The summed E-state index contributed by atoms with van der Waals surface area (Å²) in [4.78, 5) is 36.6. The number of benzene rings is 1. The Labute approximate surface area is 168 Å². The summed E-state index contributed by atoms with van der Waals surface area (Å²) in [6.45, 7) is 3.87. The molecule has 0 bridgehead atoms. The normalized spacial score (nSPS) is 16.6. The van der Waals surface area contributed by atoms with E-state index in [1.165, 1.54) is 35.6 Å². The van der Waals surface area contributed by atoms with Gasteiger partial charge in [0.15, 0.2) is 5.17 Å². The Balaban J connectivity index is 1.60. The van der Waals surface area contributed by atoms with Crippen LogP contribution in [0.4, 0.5) is 5.69 Å². The smallest absolute Gasteiger partial charge is 0.335 e. The van der Waals surface area contributed by atoms with Crippen LogP contribution in [0.15, 0.2) is 48.4 Å². The standard InChI is InChI=1S/C18H16N4O4S2/c1-10(13-3-2-8-27-13)21-22-15(23)9-14(28-18(22)19)16(24)20-12-6-4-11(5-7-12)17(25)26/h2-8,14,19,21H,1,9H2,(H,20,24)(H,25,26). The van der Waals surface area contributed by atoms with Gasteiger partial charge in [0.1, 0.15) is 5.25 Å². The molecule has 2 aromatic rings. The van der Waals surface area contributed by atoms with Crippen molar-refractivity contribution in [1.82, 2.24) is 10.4 Å². The maximum absolute atomic E-state index is 12.4. The summed E-state index contributed by atoms with van der Waals surface area (Å²) in [5.74, 6) is -1.90. The fourth-order valence-corrected chi connectivity index (χ4v) is 3.97. The van der Waals surface area contributed by atoms with E-state index in [1.807, 2.05) is 17.5 Å². The number of carboxylic acids is 1. The number of anilines is 1. The molecule has 1 aromatic carbocycles. The van der Waals surface area contributed by atoms with Crippen molar-refractivity contribution >= 4 is 57.4 Å². The summed E-state index contributed by atoms with van der Waals surface area (Å²) < 4.78 is 0. The van der Waals surface area contributed by atoms with Gasteiger partial charge in [0.05, 0.1) is 22.6 Å². The number of aromatic carboxylic acids is 1. The Bertz CT molecular complexity index is 923. The first-order valence-corrected chi connectivity index (χ1v) is 9.83. The molecule has 0 spiro atoms. The van der Waals surface area contributed by atoms with Crippen molar-refractivity contribution in [2.24, 2.45) is 0 Å². The molecule has 10 heteroatoms. The fraction of sp³-hybridized carbons (Fsp3) is 0.111. The highest BCUT2D eigenvalue weighted by atomic mass is 32.2. The molecule has 0 radical (unpaired) electrons. The van der Waals surface area contributed by atoms with Gasteiger partial charge in [-0.3, -0.25) is 20.4 Å². The number of thiophene rings is 1. The summed E-state index contributed by atoms with van der Waals surface area (Å²) in [7, 11) is 0. The Morgan fingerprint density at radius 2 is 1.96 bits per heavy atom. The van der Waals surface area contributed by atoms with Crippen molar-refractivity contribution in [2.45, 2.75) is 11.7 Å². The van der Waals surface area contributed by atoms with Gasteiger partial charge in [-0.2, -0.15) is 5.01 Å². The molecule has 0 aliphatic carbocycles. The van der Waals surface area contributed by atoms with E-state index in [0.717, 1.165) is 21.6 Å². The molecule has 0 saturated carbocycles. The van der Waals surface area contributed by atoms with E-state index in [9.17, 15) is 14.4 Å². The average molecular weight is 416 g/mol. The maximum Gasteiger partial charge on any atom is 0.335 e. The molecule has 144 valence electrons. The number of thioether (sulfide) groups is 1. The lowest BCUT2D eigenvalue weighted by Gasteiger charge is -2.31. The second-order valence-corrected chi connectivity index (χ2v) is 7.92. The summed E-state index contributed by atoms with van der Waals surface area (Å²) in [6, 6.07) is 9.40. The van der Waals surface area contributed by atoms with Crippen LogP contribution in [-0.4, -0.2) is 38.3 Å². The first kappa shape index (κ1) is 19.6. The second-order valence-electron chi connectivity index (χ2n) is 5.78. The van der Waals surface area contributed by atoms with Crippen molar-refractivity contribution < 1.29 is 19.5 Å². The lowest BCUT2D eigenvalue weighted by molar-refractivity contribution is -0.130. The number of carbonyl (C=O) groups excluding carboxylic acids is 2. The van der Waals surface area contributed by atoms with E-state index in [4.69, 9.17) is 10.5 Å². The highest BCUT2D eigenvalue weighted by molar-refractivity contribution is 8.14. The number of carboxylic acid groups (broad SMARTS) is 1. The van der Waals surface area contributed by atoms with E-state index in [0.29, 0.717) is 11.4 Å². The molecule has 1 aromatic heterocycles. The van der Waals surface area contributed by atoms with Crippen LogP contribution in [0.25, 0.3) is 5.70 Å². The summed E-state index contributed by atoms with van der Waals surface area (Å²) in [5.41, 5.74) is 3.83. The van der Waals surface area contributed by atoms with Gasteiger partial charge in [0.25, 0.3) is 0 Å². The molecule has 1 saturated heterocycles. The van der Waals surface area contributed by atoms with Gasteiger partial charge in [-0.25, -0.2) is 4.79 Å². The molecule has 1 unspecified atom stereocenters. The number of amidine groups is 1. The van der Waals surface area contributed by atoms with Crippen molar-refractivity contribution in [2.75, 3.05) is 5.32 Å². The topological polar surface area (TPSA) is 123 Å². The van der Waals surface area contributed by atoms with Gasteiger partial charge < -0.3 is 10.4 Å². The maximum atomic E-state index is 12.4. The molecule has 3 rings (SSSR count). The summed E-state index contributed by atoms with van der Waals surface area (Å²) in [6.07, 6.45) is -0.0865. The van der Waals surface area contributed by atoms with Crippen LogP contribution < -0.4 is 10.7 Å². The van der Waals surface area contributed by atoms with Gasteiger partial charge in [-0.15, -0.1) is 11.3 Å². The lowest BCUT2D eigenvalue weighted by Crippen LogP contribution is -2.50. The molecule has 4 N–H and O–H groups in total. The summed E-state index contributed by atoms with van der Waals surface area (Å²) in [5, 5.41) is 21.7. The molecule has 2 heterocycles. The van der Waals surface area contributed by atoms with Crippen LogP contribution in [0, 0.1) is 5.41 Å². The van der Waals surface area contributed by atoms with Crippen LogP contribution >= 0.6 is 23.1 Å². The monoisotopic (exact) mass is 416 g/mol. The Morgan fingerprint density at radius 1 is 1.25 bits per heavy atom. The van der Waals surface area contributed by atoms with Gasteiger partial charge in [0, 0.05) is 5.69 Å². The molecular formula is C18H16N4O4S2. The summed E-state index contributed by atoms with van der Waals surface area (Å²) >= 11 is 2.41. The number of amides is 2. The van der Waals surface area contributed by atoms with Crippen LogP contribution in [0.2, 0.25) is 0 Å². The van der Waals surface area contributed by atoms with Crippen molar-refractivity contribution in [1.29, 1.82) is 5.41 Å². The van der Waals surface area contributed by atoms with Crippen LogP contribution in [0.3, 0.4) is 0 Å². The Kier molecular flexibility index (Phi) is 5.81. The predicted octanol–water partition coefficient (Wildman–Crippen LogP) is 2.83. The van der Waals surface area contributed by atoms with Crippen molar-refractivity contribution in [3.63, 3.8) is 0 Å². The van der Waals surface area contributed by atoms with Gasteiger partial charge in [-0.1, -0.05) is 24.4 Å². The van der Waals surface area contributed by atoms with E-state index in [-0.39, 0.29) is 17.2 Å². The Morgan fingerprint density at radius 3 is 2.54 bits per heavy atom. The molecule has 1 aliphatic heterocycles. The van der Waals surface area contributed by atoms with E-state index in [1.54, 1.807) is 0 Å². The molecule has 1 fully saturated rings. The van der Waals surface area contributed by atoms with Crippen LogP contribution in [-0.2, 0) is 9.59 Å². The number of hydrazine groups is 1. The lowest BCUT2D eigenvalue weighted by atomic mass is 10.2. The minimum absolute atomic E-state index is 0.0865. The number of hydrogen-bond donors (Lipinski definition) is 4. The van der Waals surface area contributed by atoms with E-state index in [2.05, 4.69) is 17.3 Å². The molecular weight excluding hydrogens is 400 g/mol.